The Hall–Kier alpha value is -1.29. The molecule has 0 bridgehead atoms. The van der Waals surface area contributed by atoms with Gasteiger partial charge in [0.1, 0.15) is 5.76 Å². The highest BCUT2D eigenvalue weighted by molar-refractivity contribution is 5.91. The predicted molar refractivity (Wildman–Crippen MR) is 73.1 cm³/mol. The summed E-state index contributed by atoms with van der Waals surface area (Å²) in [4.78, 5) is 14.3. The van der Waals surface area contributed by atoms with Gasteiger partial charge in [0.15, 0.2) is 5.76 Å². The normalized spacial score (nSPS) is 22.7. The molecule has 4 heteroatoms. The molecule has 0 aliphatic carbocycles. The van der Waals surface area contributed by atoms with Crippen molar-refractivity contribution in [1.29, 1.82) is 0 Å². The first kappa shape index (κ1) is 12.7. The van der Waals surface area contributed by atoms with Crippen molar-refractivity contribution in [3.8, 4) is 0 Å². The molecule has 19 heavy (non-hydrogen) atoms. The molecule has 0 atom stereocenters. The van der Waals surface area contributed by atoms with Gasteiger partial charge in [-0.05, 0) is 63.2 Å². The number of carbonyl (C=O) groups excluding carboxylic acids is 1. The molecule has 0 saturated carbocycles. The van der Waals surface area contributed by atoms with E-state index >= 15 is 0 Å². The molecule has 1 spiro atoms. The molecule has 0 radical (unpaired) electrons. The first-order chi connectivity index (χ1) is 9.19. The molecule has 2 saturated heterocycles. The highest BCUT2D eigenvalue weighted by Crippen LogP contribution is 2.39. The van der Waals surface area contributed by atoms with E-state index < -0.39 is 0 Å². The summed E-state index contributed by atoms with van der Waals surface area (Å²) < 4.78 is 5.43. The minimum atomic E-state index is 0.0527. The Kier molecular flexibility index (Phi) is 3.35. The van der Waals surface area contributed by atoms with Gasteiger partial charge in [0.05, 0.1) is 0 Å². The first-order valence-corrected chi connectivity index (χ1v) is 7.25. The molecule has 1 N–H and O–H groups in total. The number of furan rings is 1. The summed E-state index contributed by atoms with van der Waals surface area (Å²) in [6, 6.07) is 3.64. The van der Waals surface area contributed by atoms with Gasteiger partial charge >= 0.3 is 0 Å². The minimum Gasteiger partial charge on any atom is -0.456 e. The maximum absolute atomic E-state index is 12.3. The second-order valence-electron chi connectivity index (χ2n) is 5.95. The van der Waals surface area contributed by atoms with Gasteiger partial charge in [-0.2, -0.15) is 0 Å². The number of hydrogen-bond donors (Lipinski definition) is 1. The Bertz CT molecular complexity index is 450. The van der Waals surface area contributed by atoms with Gasteiger partial charge < -0.3 is 14.6 Å². The Morgan fingerprint density at radius 1 is 1.21 bits per heavy atom. The van der Waals surface area contributed by atoms with E-state index in [2.05, 4.69) is 5.32 Å². The molecule has 0 aromatic carbocycles. The largest absolute Gasteiger partial charge is 0.456 e. The smallest absolute Gasteiger partial charge is 0.289 e. The second-order valence-corrected chi connectivity index (χ2v) is 5.95. The Labute approximate surface area is 114 Å². The monoisotopic (exact) mass is 262 g/mol. The maximum Gasteiger partial charge on any atom is 0.289 e. The minimum absolute atomic E-state index is 0.0527. The van der Waals surface area contributed by atoms with Crippen molar-refractivity contribution < 1.29 is 9.21 Å². The van der Waals surface area contributed by atoms with Crippen molar-refractivity contribution in [2.75, 3.05) is 26.2 Å². The Morgan fingerprint density at radius 2 is 1.89 bits per heavy atom. The summed E-state index contributed by atoms with van der Waals surface area (Å²) in [5.41, 5.74) is 0.487. The number of rotatable bonds is 1. The van der Waals surface area contributed by atoms with Gasteiger partial charge in [-0.3, -0.25) is 4.79 Å². The van der Waals surface area contributed by atoms with Crippen LogP contribution in [-0.4, -0.2) is 37.0 Å². The summed E-state index contributed by atoms with van der Waals surface area (Å²) in [6.45, 7) is 5.88. The van der Waals surface area contributed by atoms with E-state index in [1.807, 2.05) is 17.9 Å². The lowest BCUT2D eigenvalue weighted by Crippen LogP contribution is -2.47. The molecular formula is C15H22N2O2. The topological polar surface area (TPSA) is 45.5 Å². The lowest BCUT2D eigenvalue weighted by molar-refractivity contribution is 0.0468. The van der Waals surface area contributed by atoms with Crippen LogP contribution in [0.3, 0.4) is 0 Å². The molecule has 1 amide bonds. The third-order valence-corrected chi connectivity index (χ3v) is 4.73. The summed E-state index contributed by atoms with van der Waals surface area (Å²) in [5.74, 6) is 1.34. The zero-order valence-electron chi connectivity index (χ0n) is 11.6. The van der Waals surface area contributed by atoms with Gasteiger partial charge in [0, 0.05) is 13.1 Å². The number of aryl methyl sites for hydroxylation is 1. The van der Waals surface area contributed by atoms with Crippen LogP contribution in [0.25, 0.3) is 0 Å². The fourth-order valence-corrected chi connectivity index (χ4v) is 3.35. The van der Waals surface area contributed by atoms with E-state index in [-0.39, 0.29) is 5.91 Å². The van der Waals surface area contributed by atoms with Crippen molar-refractivity contribution >= 4 is 5.91 Å². The second kappa shape index (κ2) is 5.00. The van der Waals surface area contributed by atoms with Crippen LogP contribution in [0.15, 0.2) is 16.5 Å². The highest BCUT2D eigenvalue weighted by atomic mass is 16.3. The summed E-state index contributed by atoms with van der Waals surface area (Å²) in [6.07, 6.45) is 4.80. The zero-order chi connectivity index (χ0) is 13.3. The van der Waals surface area contributed by atoms with Crippen molar-refractivity contribution in [1.82, 2.24) is 10.2 Å². The van der Waals surface area contributed by atoms with Crippen molar-refractivity contribution in [3.63, 3.8) is 0 Å². The molecule has 1 aromatic rings. The van der Waals surface area contributed by atoms with E-state index in [1.165, 1.54) is 12.8 Å². The molecule has 104 valence electrons. The van der Waals surface area contributed by atoms with Crippen LogP contribution < -0.4 is 5.32 Å². The van der Waals surface area contributed by atoms with E-state index in [0.717, 1.165) is 44.8 Å². The number of likely N-dealkylation sites (tertiary alicyclic amines) is 1. The molecule has 3 rings (SSSR count). The molecule has 2 aliphatic rings. The zero-order valence-corrected chi connectivity index (χ0v) is 11.6. The first-order valence-electron chi connectivity index (χ1n) is 7.25. The molecule has 3 heterocycles. The molecule has 1 aromatic heterocycles. The SMILES string of the molecule is Cc1ccc(C(=O)N2CCC3(CCNCC3)CC2)o1. The van der Waals surface area contributed by atoms with Crippen molar-refractivity contribution in [3.05, 3.63) is 23.7 Å². The highest BCUT2D eigenvalue weighted by Gasteiger charge is 2.37. The third-order valence-electron chi connectivity index (χ3n) is 4.73. The van der Waals surface area contributed by atoms with Crippen molar-refractivity contribution in [2.24, 2.45) is 5.41 Å². The van der Waals surface area contributed by atoms with E-state index in [9.17, 15) is 4.79 Å². The maximum atomic E-state index is 12.3. The summed E-state index contributed by atoms with van der Waals surface area (Å²) >= 11 is 0. The quantitative estimate of drug-likeness (QED) is 0.844. The number of nitrogens with one attached hydrogen (secondary N) is 1. The van der Waals surface area contributed by atoms with Gasteiger partial charge in [-0.1, -0.05) is 0 Å². The molecule has 2 fully saturated rings. The van der Waals surface area contributed by atoms with Crippen LogP contribution >= 0.6 is 0 Å². The van der Waals surface area contributed by atoms with Crippen LogP contribution in [0.2, 0.25) is 0 Å². The average molecular weight is 262 g/mol. The van der Waals surface area contributed by atoms with Crippen LogP contribution in [0.1, 0.15) is 42.0 Å². The molecule has 0 unspecified atom stereocenters. The predicted octanol–water partition coefficient (Wildman–Crippen LogP) is 2.19. The standard InChI is InChI=1S/C15H22N2O2/c1-12-2-3-13(19-12)14(18)17-10-6-15(7-11-17)4-8-16-9-5-15/h2-3,16H,4-11H2,1H3. The van der Waals surface area contributed by atoms with E-state index in [1.54, 1.807) is 6.07 Å². The molecular weight excluding hydrogens is 240 g/mol. The number of piperidine rings is 2. The van der Waals surface area contributed by atoms with Gasteiger partial charge in [-0.25, -0.2) is 0 Å². The lowest BCUT2D eigenvalue weighted by atomic mass is 9.71. The molecule has 2 aliphatic heterocycles. The number of carbonyl (C=O) groups is 1. The third kappa shape index (κ3) is 2.54. The van der Waals surface area contributed by atoms with E-state index in [0.29, 0.717) is 11.2 Å². The number of hydrogen-bond acceptors (Lipinski definition) is 3. The Balaban J connectivity index is 1.62. The molecule has 4 nitrogen and oxygen atoms in total. The Morgan fingerprint density at radius 3 is 2.47 bits per heavy atom. The van der Waals surface area contributed by atoms with Crippen LogP contribution in [0.5, 0.6) is 0 Å². The number of nitrogens with zero attached hydrogens (tertiary/aromatic N) is 1. The van der Waals surface area contributed by atoms with Gasteiger partial charge in [-0.15, -0.1) is 0 Å². The van der Waals surface area contributed by atoms with Crippen LogP contribution in [-0.2, 0) is 0 Å². The fourth-order valence-electron chi connectivity index (χ4n) is 3.35. The van der Waals surface area contributed by atoms with E-state index in [4.69, 9.17) is 4.42 Å². The lowest BCUT2D eigenvalue weighted by Gasteiger charge is -2.44. The van der Waals surface area contributed by atoms with Crippen LogP contribution in [0, 0.1) is 12.3 Å². The van der Waals surface area contributed by atoms with Gasteiger partial charge in [0.25, 0.3) is 5.91 Å². The fraction of sp³-hybridized carbons (Fsp3) is 0.667. The summed E-state index contributed by atoms with van der Waals surface area (Å²) in [7, 11) is 0. The average Bonchev–Trinajstić information content (AvgIpc) is 2.87. The number of amides is 1. The summed E-state index contributed by atoms with van der Waals surface area (Å²) in [5, 5.41) is 3.42. The van der Waals surface area contributed by atoms with Gasteiger partial charge in [0.2, 0.25) is 0 Å². The van der Waals surface area contributed by atoms with Crippen molar-refractivity contribution in [2.45, 2.75) is 32.6 Å². The van der Waals surface area contributed by atoms with Crippen LogP contribution in [0.4, 0.5) is 0 Å².